The quantitative estimate of drug-likeness (QED) is 0.394. The van der Waals surface area contributed by atoms with Gasteiger partial charge in [-0.3, -0.25) is 4.84 Å². The normalized spacial score (nSPS) is 16.0. The van der Waals surface area contributed by atoms with Gasteiger partial charge in [-0.1, -0.05) is 0 Å². The van der Waals surface area contributed by atoms with Crippen molar-refractivity contribution in [3.05, 3.63) is 12.5 Å². The molecule has 0 aromatic rings. The molecule has 0 bridgehead atoms. The van der Waals surface area contributed by atoms with Crippen molar-refractivity contribution < 1.29 is 4.84 Å². The second-order valence-electron chi connectivity index (χ2n) is 0.535. The van der Waals surface area contributed by atoms with E-state index in [1.165, 1.54) is 6.20 Å². The Morgan fingerprint density at radius 1 is 2.00 bits per heavy atom. The van der Waals surface area contributed by atoms with Gasteiger partial charge >= 0.3 is 6.20 Å². The van der Waals surface area contributed by atoms with Gasteiger partial charge in [-0.2, -0.15) is 0 Å². The summed E-state index contributed by atoms with van der Waals surface area (Å²) in [6.07, 6.45) is 3.61. The van der Waals surface area contributed by atoms with Crippen LogP contribution in [0.25, 0.3) is 0 Å². The van der Waals surface area contributed by atoms with Gasteiger partial charge in [0, 0.05) is 0 Å². The van der Waals surface area contributed by atoms with Crippen LogP contribution in [0.5, 0.6) is 0 Å². The molecular weight excluding hydrogens is 68.0 g/mol. The van der Waals surface area contributed by atoms with Gasteiger partial charge in [0.15, 0.2) is 0 Å². The topological polar surface area (TPSA) is 35.7 Å². The Kier molecular flexibility index (Phi) is 0.400. The molecule has 2 radical (unpaired) electrons. The van der Waals surface area contributed by atoms with Crippen molar-refractivity contribution in [3.63, 3.8) is 0 Å². The summed E-state index contributed by atoms with van der Waals surface area (Å²) in [5.41, 5.74) is 0. The summed E-state index contributed by atoms with van der Waals surface area (Å²) >= 11 is 0. The molecule has 0 aromatic heterocycles. The third kappa shape index (κ3) is 0.238. The first-order chi connectivity index (χ1) is 2.50. The molecule has 0 atom stereocenters. The van der Waals surface area contributed by atoms with E-state index >= 15 is 0 Å². The van der Waals surface area contributed by atoms with E-state index < -0.39 is 0 Å². The highest BCUT2D eigenvalue weighted by atomic mass is 16.6. The molecule has 0 unspecified atom stereocenters. The molecule has 1 aliphatic heterocycles. The predicted octanol–water partition coefficient (Wildman–Crippen LogP) is -0.00601. The fourth-order valence-corrected chi connectivity index (χ4v) is 0.118. The Bertz CT molecular complexity index is 65.7. The van der Waals surface area contributed by atoms with Crippen LogP contribution in [0.3, 0.4) is 0 Å². The van der Waals surface area contributed by atoms with Gasteiger partial charge in [0.2, 0.25) is 5.11 Å². The lowest BCUT2D eigenvalue weighted by atomic mass is 11.0. The fourth-order valence-electron chi connectivity index (χ4n) is 0.118. The van der Waals surface area contributed by atoms with Gasteiger partial charge in [0.25, 0.3) is 11.5 Å². The molecule has 0 saturated carbocycles. The van der Waals surface area contributed by atoms with Crippen molar-refractivity contribution in [2.24, 2.45) is 5.28 Å². The smallest absolute Gasteiger partial charge is 0.291 e. The summed E-state index contributed by atoms with van der Waals surface area (Å²) in [4.78, 5) is 4.10. The third-order valence-corrected chi connectivity index (χ3v) is 0.251. The molecule has 5 heavy (non-hydrogen) atoms. The molecule has 0 aliphatic carbocycles. The van der Waals surface area contributed by atoms with Crippen LogP contribution in [0.1, 0.15) is 0 Å². The van der Waals surface area contributed by atoms with Crippen molar-refractivity contribution in [2.45, 2.75) is 0 Å². The van der Waals surface area contributed by atoms with Crippen LogP contribution in [-0.2, 0) is 4.84 Å². The molecule has 0 aromatic carbocycles. The predicted molar refractivity (Wildman–Crippen MR) is 13.5 cm³/mol. The third-order valence-electron chi connectivity index (χ3n) is 0.251. The van der Waals surface area contributed by atoms with Gasteiger partial charge in [0.1, 0.15) is 0 Å². The average Bonchev–Trinajstić information content (AvgIpc) is 1.76. The summed E-state index contributed by atoms with van der Waals surface area (Å²) in [7, 11) is 0. The molecule has 24 valence electrons. The first-order valence-electron chi connectivity index (χ1n) is 1.13. The largest absolute Gasteiger partial charge is 0.331 e. The zero-order chi connectivity index (χ0) is 3.54. The van der Waals surface area contributed by atoms with Gasteiger partial charge < -0.3 is 0 Å². The van der Waals surface area contributed by atoms with E-state index in [0.717, 1.165) is 0 Å². The Morgan fingerprint density at radius 2 is 3.00 bits per heavy atom. The first kappa shape index (κ1) is 2.38. The summed E-state index contributed by atoms with van der Waals surface area (Å²) in [6.45, 7) is 0. The lowest BCUT2D eigenvalue weighted by molar-refractivity contribution is 0.234. The maximum absolute atomic E-state index is 4.10. The van der Waals surface area contributed by atoms with Crippen LogP contribution in [0.2, 0.25) is 0 Å². The summed E-state index contributed by atoms with van der Waals surface area (Å²) in [5.74, 6) is 0. The van der Waals surface area contributed by atoms with Gasteiger partial charge in [-0.05, 0) is 0 Å². The summed E-state index contributed by atoms with van der Waals surface area (Å²) in [6, 6.07) is 0. The molecule has 3 nitrogen and oxygen atoms in total. The Morgan fingerprint density at radius 3 is 3.20 bits per heavy atom. The van der Waals surface area contributed by atoms with Crippen LogP contribution >= 0.6 is 0 Å². The van der Waals surface area contributed by atoms with E-state index in [4.69, 9.17) is 0 Å². The Hall–Kier alpha value is -0.860. The molecule has 0 N–H and O–H groups in total. The van der Waals surface area contributed by atoms with Crippen LogP contribution in [0.4, 0.5) is 0 Å². The number of hydrogen-bond donors (Lipinski definition) is 0. The summed E-state index contributed by atoms with van der Waals surface area (Å²) < 4.78 is 0. The molecule has 3 heteroatoms. The molecule has 1 heterocycles. The number of hydrogen-bond acceptors (Lipinski definition) is 3. The zero-order valence-corrected chi connectivity index (χ0v) is 2.38. The standard InChI is InChI=1S/C2HN2O/c1-2-5-4-3-1/h1H/q+1. The molecule has 1 rings (SSSR count). The van der Waals surface area contributed by atoms with Crippen LogP contribution in [0, 0.1) is 6.26 Å². The monoisotopic (exact) mass is 69.0 g/mol. The average molecular weight is 69.0 g/mol. The molecule has 0 saturated heterocycles. The Balaban J connectivity index is 2.61. The second kappa shape index (κ2) is 0.839. The number of nitrogens with zero attached hydrogens (tertiary/aromatic N) is 2. The summed E-state index contributed by atoms with van der Waals surface area (Å²) in [5, 5.41) is 6.29. The molecule has 0 fully saturated rings. The van der Waals surface area contributed by atoms with Crippen molar-refractivity contribution in [3.8, 4) is 0 Å². The minimum absolute atomic E-state index is 1.35. The lowest BCUT2D eigenvalue weighted by Crippen LogP contribution is -1.55. The minimum atomic E-state index is 1.35. The van der Waals surface area contributed by atoms with Crippen molar-refractivity contribution >= 4 is 0 Å². The Labute approximate surface area is 28.9 Å². The van der Waals surface area contributed by atoms with E-state index in [2.05, 4.69) is 21.5 Å². The molecule has 1 aliphatic rings. The second-order valence-corrected chi connectivity index (χ2v) is 0.535. The highest BCUT2D eigenvalue weighted by Crippen LogP contribution is 1.78. The minimum Gasteiger partial charge on any atom is -0.291 e. The first-order valence-corrected chi connectivity index (χ1v) is 1.13. The van der Waals surface area contributed by atoms with Crippen LogP contribution in [0.15, 0.2) is 11.5 Å². The van der Waals surface area contributed by atoms with Crippen molar-refractivity contribution in [1.29, 1.82) is 0 Å². The van der Waals surface area contributed by atoms with E-state index in [9.17, 15) is 0 Å². The molecule has 0 spiro atoms. The zero-order valence-electron chi connectivity index (χ0n) is 2.38. The van der Waals surface area contributed by atoms with Crippen molar-refractivity contribution in [2.75, 3.05) is 0 Å². The maximum Gasteiger partial charge on any atom is 0.331 e. The fraction of sp³-hybridized carbons (Fsp3) is 0. The van der Waals surface area contributed by atoms with Gasteiger partial charge in [-0.15, -0.1) is 0 Å². The van der Waals surface area contributed by atoms with Crippen molar-refractivity contribution in [1.82, 2.24) is 5.11 Å². The molecular formula is C2HN2O+. The van der Waals surface area contributed by atoms with E-state index in [1.54, 1.807) is 0 Å². The lowest BCUT2D eigenvalue weighted by Gasteiger charge is -1.52. The van der Waals surface area contributed by atoms with E-state index in [1.807, 2.05) is 0 Å². The SMILES string of the molecule is [C]1=C[N+]=NO1. The number of rotatable bonds is 0. The van der Waals surface area contributed by atoms with Crippen LogP contribution in [-0.4, -0.2) is 0 Å². The van der Waals surface area contributed by atoms with E-state index in [-0.39, 0.29) is 0 Å². The highest BCUT2D eigenvalue weighted by molar-refractivity contribution is 4.56. The van der Waals surface area contributed by atoms with Gasteiger partial charge in [-0.25, -0.2) is 0 Å². The highest BCUT2D eigenvalue weighted by Gasteiger charge is 1.94. The van der Waals surface area contributed by atoms with Crippen LogP contribution < -0.4 is 5.11 Å². The maximum atomic E-state index is 4.10. The van der Waals surface area contributed by atoms with E-state index in [0.29, 0.717) is 0 Å². The molecule has 0 amide bonds. The van der Waals surface area contributed by atoms with Gasteiger partial charge in [0.05, 0.1) is 0 Å².